The molecule has 0 saturated carbocycles. The van der Waals surface area contributed by atoms with Gasteiger partial charge in [0.15, 0.2) is 0 Å². The first-order valence-electron chi connectivity index (χ1n) is 6.43. The van der Waals surface area contributed by atoms with E-state index < -0.39 is 0 Å². The fraction of sp³-hybridized carbons (Fsp3) is 0.643. The minimum Gasteiger partial charge on any atom is -0.352 e. The van der Waals surface area contributed by atoms with Crippen LogP contribution < -0.4 is 10.6 Å². The summed E-state index contributed by atoms with van der Waals surface area (Å²) in [6, 6.07) is 0. The predicted octanol–water partition coefficient (Wildman–Crippen LogP) is 2.01. The molecule has 1 amide bonds. The largest absolute Gasteiger partial charge is 0.352 e. The van der Waals surface area contributed by atoms with Crippen LogP contribution in [-0.4, -0.2) is 25.5 Å². The molecule has 0 aliphatic carbocycles. The molecule has 1 rings (SSSR count). The van der Waals surface area contributed by atoms with Crippen LogP contribution in [0.4, 0.5) is 0 Å². The van der Waals surface area contributed by atoms with Gasteiger partial charge >= 0.3 is 0 Å². The third kappa shape index (κ3) is 5.18. The van der Waals surface area contributed by atoms with Crippen molar-refractivity contribution in [2.45, 2.75) is 33.6 Å². The number of hydrogen-bond donors (Lipinski definition) is 2. The van der Waals surface area contributed by atoms with Crippen molar-refractivity contribution in [1.29, 1.82) is 0 Å². The summed E-state index contributed by atoms with van der Waals surface area (Å²) >= 11 is 0. The van der Waals surface area contributed by atoms with E-state index in [9.17, 15) is 4.79 Å². The van der Waals surface area contributed by atoms with E-state index in [0.717, 1.165) is 30.8 Å². The lowest BCUT2D eigenvalue weighted by molar-refractivity contribution is -0.117. The number of allylic oxidation sites excluding steroid dienone is 3. The number of nitrogens with one attached hydrogen (secondary N) is 2. The summed E-state index contributed by atoms with van der Waals surface area (Å²) in [6.45, 7) is 8.76. The summed E-state index contributed by atoms with van der Waals surface area (Å²) in [6.07, 6.45) is 6.35. The van der Waals surface area contributed by atoms with E-state index in [1.165, 1.54) is 12.8 Å². The second-order valence-electron chi connectivity index (χ2n) is 4.78. The van der Waals surface area contributed by atoms with Gasteiger partial charge in [0, 0.05) is 12.1 Å². The Morgan fingerprint density at radius 3 is 2.82 bits per heavy atom. The van der Waals surface area contributed by atoms with E-state index in [-0.39, 0.29) is 5.91 Å². The van der Waals surface area contributed by atoms with Crippen molar-refractivity contribution in [2.75, 3.05) is 19.6 Å². The maximum atomic E-state index is 11.8. The molecule has 0 aromatic heterocycles. The summed E-state index contributed by atoms with van der Waals surface area (Å²) < 4.78 is 0. The molecule has 1 aliphatic rings. The zero-order valence-corrected chi connectivity index (χ0v) is 11.2. The van der Waals surface area contributed by atoms with Gasteiger partial charge in [0.05, 0.1) is 0 Å². The second kappa shape index (κ2) is 7.28. The molecular formula is C14H24N2O. The third-order valence-electron chi connectivity index (χ3n) is 3.21. The van der Waals surface area contributed by atoms with Gasteiger partial charge in [-0.15, -0.1) is 0 Å². The van der Waals surface area contributed by atoms with Gasteiger partial charge < -0.3 is 10.6 Å². The van der Waals surface area contributed by atoms with Crippen LogP contribution in [0.1, 0.15) is 33.6 Å². The maximum Gasteiger partial charge on any atom is 0.246 e. The molecule has 0 aromatic carbocycles. The van der Waals surface area contributed by atoms with Gasteiger partial charge in [-0.05, 0) is 52.6 Å². The fourth-order valence-electron chi connectivity index (χ4n) is 1.97. The van der Waals surface area contributed by atoms with Crippen molar-refractivity contribution in [3.05, 3.63) is 23.3 Å². The average molecular weight is 236 g/mol. The van der Waals surface area contributed by atoms with E-state index in [2.05, 4.69) is 10.6 Å². The fourth-order valence-corrected chi connectivity index (χ4v) is 1.97. The summed E-state index contributed by atoms with van der Waals surface area (Å²) in [5.74, 6) is 0.639. The van der Waals surface area contributed by atoms with Gasteiger partial charge in [-0.1, -0.05) is 17.7 Å². The van der Waals surface area contributed by atoms with Crippen molar-refractivity contribution in [3.8, 4) is 0 Å². The summed E-state index contributed by atoms with van der Waals surface area (Å²) in [7, 11) is 0. The lowest BCUT2D eigenvalue weighted by Gasteiger charge is -2.22. The highest BCUT2D eigenvalue weighted by atomic mass is 16.1. The minimum absolute atomic E-state index is 0.0526. The Morgan fingerprint density at radius 1 is 1.47 bits per heavy atom. The number of hydrogen-bond acceptors (Lipinski definition) is 2. The molecule has 1 atom stereocenters. The Balaban J connectivity index is 2.35. The van der Waals surface area contributed by atoms with E-state index in [0.29, 0.717) is 5.92 Å². The smallest absolute Gasteiger partial charge is 0.246 e. The maximum absolute atomic E-state index is 11.8. The van der Waals surface area contributed by atoms with Crippen LogP contribution >= 0.6 is 0 Å². The first-order valence-corrected chi connectivity index (χ1v) is 6.43. The monoisotopic (exact) mass is 236 g/mol. The van der Waals surface area contributed by atoms with Crippen molar-refractivity contribution in [2.24, 2.45) is 5.92 Å². The van der Waals surface area contributed by atoms with E-state index in [1.54, 1.807) is 0 Å². The molecule has 2 N–H and O–H groups in total. The van der Waals surface area contributed by atoms with Crippen LogP contribution in [0, 0.1) is 5.92 Å². The Bertz CT molecular complexity index is 312. The van der Waals surface area contributed by atoms with Gasteiger partial charge in [-0.25, -0.2) is 0 Å². The van der Waals surface area contributed by atoms with Crippen molar-refractivity contribution in [3.63, 3.8) is 0 Å². The molecule has 0 radical (unpaired) electrons. The molecule has 1 saturated heterocycles. The lowest BCUT2D eigenvalue weighted by atomic mass is 9.99. The molecule has 17 heavy (non-hydrogen) atoms. The highest BCUT2D eigenvalue weighted by molar-refractivity contribution is 5.93. The van der Waals surface area contributed by atoms with E-state index >= 15 is 0 Å². The predicted molar refractivity (Wildman–Crippen MR) is 71.8 cm³/mol. The van der Waals surface area contributed by atoms with Gasteiger partial charge in [-0.2, -0.15) is 0 Å². The number of carbonyl (C=O) groups excluding carboxylic acids is 1. The topological polar surface area (TPSA) is 41.1 Å². The standard InChI is InChI=1S/C14H24N2O/c1-4-11(2)8-12(3)14(17)16-10-13-6-5-7-15-9-13/h4,8,13,15H,5-7,9-10H2,1-3H3,(H,16,17)/b11-4-,12-8+. The molecule has 1 fully saturated rings. The van der Waals surface area contributed by atoms with E-state index in [4.69, 9.17) is 0 Å². The molecule has 0 bridgehead atoms. The quantitative estimate of drug-likeness (QED) is 0.579. The first-order chi connectivity index (χ1) is 8.13. The molecule has 96 valence electrons. The van der Waals surface area contributed by atoms with Gasteiger partial charge in [0.2, 0.25) is 5.91 Å². The van der Waals surface area contributed by atoms with Crippen LogP contribution in [0.2, 0.25) is 0 Å². The van der Waals surface area contributed by atoms with Crippen molar-refractivity contribution < 1.29 is 4.79 Å². The molecule has 1 heterocycles. The zero-order chi connectivity index (χ0) is 12.7. The van der Waals surface area contributed by atoms with Crippen molar-refractivity contribution in [1.82, 2.24) is 10.6 Å². The Hall–Kier alpha value is -1.09. The number of rotatable bonds is 4. The van der Waals surface area contributed by atoms with Crippen molar-refractivity contribution >= 4 is 5.91 Å². The van der Waals surface area contributed by atoms with Gasteiger partial charge in [0.1, 0.15) is 0 Å². The molecule has 3 nitrogen and oxygen atoms in total. The first kappa shape index (κ1) is 14.0. The highest BCUT2D eigenvalue weighted by Gasteiger charge is 2.14. The third-order valence-corrected chi connectivity index (χ3v) is 3.21. The number of carbonyl (C=O) groups is 1. The van der Waals surface area contributed by atoms with Crippen LogP contribution in [0.5, 0.6) is 0 Å². The Labute approximate surface area is 104 Å². The molecule has 3 heteroatoms. The summed E-state index contributed by atoms with van der Waals surface area (Å²) in [4.78, 5) is 11.8. The van der Waals surface area contributed by atoms with E-state index in [1.807, 2.05) is 32.9 Å². The number of amides is 1. The molecule has 0 spiro atoms. The summed E-state index contributed by atoms with van der Waals surface area (Å²) in [5, 5.41) is 6.36. The van der Waals surface area contributed by atoms with Gasteiger partial charge in [-0.3, -0.25) is 4.79 Å². The number of piperidine rings is 1. The van der Waals surface area contributed by atoms with Crippen LogP contribution in [0.25, 0.3) is 0 Å². The second-order valence-corrected chi connectivity index (χ2v) is 4.78. The lowest BCUT2D eigenvalue weighted by Crippen LogP contribution is -2.38. The van der Waals surface area contributed by atoms with Gasteiger partial charge in [0.25, 0.3) is 0 Å². The summed E-state index contributed by atoms with van der Waals surface area (Å²) in [5.41, 5.74) is 1.90. The SMILES string of the molecule is C/C=C(C)\C=C(/C)C(=O)NCC1CCCNC1. The van der Waals surface area contributed by atoms with Crippen LogP contribution in [0.15, 0.2) is 23.3 Å². The Kier molecular flexibility index (Phi) is 5.98. The molecule has 1 aliphatic heterocycles. The van der Waals surface area contributed by atoms with Crippen LogP contribution in [0.3, 0.4) is 0 Å². The highest BCUT2D eigenvalue weighted by Crippen LogP contribution is 2.09. The molecule has 1 unspecified atom stereocenters. The minimum atomic E-state index is 0.0526. The zero-order valence-electron chi connectivity index (χ0n) is 11.2. The normalized spacial score (nSPS) is 22.4. The Morgan fingerprint density at radius 2 is 2.24 bits per heavy atom. The average Bonchev–Trinajstić information content (AvgIpc) is 2.36. The molecular weight excluding hydrogens is 212 g/mol. The van der Waals surface area contributed by atoms with Crippen LogP contribution in [-0.2, 0) is 4.79 Å². The molecule has 0 aromatic rings.